The summed E-state index contributed by atoms with van der Waals surface area (Å²) in [4.78, 5) is 6.97. The molecule has 1 aliphatic rings. The van der Waals surface area contributed by atoms with Crippen LogP contribution in [0.15, 0.2) is 12.5 Å². The van der Waals surface area contributed by atoms with Crippen LogP contribution in [-0.2, 0) is 13.1 Å². The number of hydrogen-bond donors (Lipinski definition) is 0. The first-order valence-electron chi connectivity index (χ1n) is 6.11. The van der Waals surface area contributed by atoms with Crippen molar-refractivity contribution in [2.24, 2.45) is 0 Å². The number of imidazole rings is 1. The van der Waals surface area contributed by atoms with Gasteiger partial charge < -0.3 is 4.57 Å². The summed E-state index contributed by atoms with van der Waals surface area (Å²) < 4.78 is 2.15. The highest BCUT2D eigenvalue weighted by atomic mass is 15.1. The molecule has 84 valence electrons. The van der Waals surface area contributed by atoms with Crippen LogP contribution in [0.1, 0.15) is 38.3 Å². The molecule has 15 heavy (non-hydrogen) atoms. The molecule has 1 aromatic rings. The van der Waals surface area contributed by atoms with Gasteiger partial charge in [-0.3, -0.25) is 4.90 Å². The second kappa shape index (κ2) is 5.31. The lowest BCUT2D eigenvalue weighted by molar-refractivity contribution is 0.274. The Morgan fingerprint density at radius 2 is 1.93 bits per heavy atom. The van der Waals surface area contributed by atoms with Gasteiger partial charge in [0.1, 0.15) is 0 Å². The quantitative estimate of drug-likeness (QED) is 0.758. The van der Waals surface area contributed by atoms with Gasteiger partial charge in [-0.1, -0.05) is 12.8 Å². The van der Waals surface area contributed by atoms with Gasteiger partial charge in [-0.2, -0.15) is 0 Å². The van der Waals surface area contributed by atoms with Crippen LogP contribution in [0, 0.1) is 0 Å². The molecule has 0 radical (unpaired) electrons. The molecular weight excluding hydrogens is 186 g/mol. The summed E-state index contributed by atoms with van der Waals surface area (Å²) in [5, 5.41) is 0. The van der Waals surface area contributed by atoms with Crippen molar-refractivity contribution in [3.05, 3.63) is 18.2 Å². The molecule has 0 saturated carbocycles. The van der Waals surface area contributed by atoms with E-state index in [-0.39, 0.29) is 0 Å². The Labute approximate surface area is 92.1 Å². The highest BCUT2D eigenvalue weighted by Crippen LogP contribution is 2.12. The Bertz CT molecular complexity index is 285. The minimum Gasteiger partial charge on any atom is -0.337 e. The van der Waals surface area contributed by atoms with Crippen LogP contribution in [0.4, 0.5) is 0 Å². The summed E-state index contributed by atoms with van der Waals surface area (Å²) in [5.41, 5.74) is 1.22. The van der Waals surface area contributed by atoms with E-state index in [0.29, 0.717) is 0 Å². The summed E-state index contributed by atoms with van der Waals surface area (Å²) in [6, 6.07) is 0. The number of nitrogens with zero attached hydrogens (tertiary/aromatic N) is 3. The lowest BCUT2D eigenvalue weighted by atomic mass is 10.2. The molecule has 1 aliphatic heterocycles. The molecule has 0 spiro atoms. The first-order valence-corrected chi connectivity index (χ1v) is 6.11. The molecule has 3 heteroatoms. The third-order valence-electron chi connectivity index (χ3n) is 3.14. The van der Waals surface area contributed by atoms with Crippen LogP contribution in [-0.4, -0.2) is 27.5 Å². The maximum Gasteiger partial charge on any atom is 0.0949 e. The Kier molecular flexibility index (Phi) is 3.78. The summed E-state index contributed by atoms with van der Waals surface area (Å²) in [6.07, 6.45) is 9.63. The smallest absolute Gasteiger partial charge is 0.0949 e. The van der Waals surface area contributed by atoms with E-state index in [1.807, 2.05) is 6.33 Å². The van der Waals surface area contributed by atoms with E-state index in [4.69, 9.17) is 0 Å². The summed E-state index contributed by atoms with van der Waals surface area (Å²) in [6.45, 7) is 6.70. The zero-order valence-electron chi connectivity index (χ0n) is 9.65. The lowest BCUT2D eigenvalue weighted by Gasteiger charge is -2.17. The first kappa shape index (κ1) is 10.7. The van der Waals surface area contributed by atoms with E-state index >= 15 is 0 Å². The van der Waals surface area contributed by atoms with Crippen LogP contribution < -0.4 is 0 Å². The van der Waals surface area contributed by atoms with Crippen molar-refractivity contribution in [2.75, 3.05) is 13.1 Å². The van der Waals surface area contributed by atoms with Gasteiger partial charge in [-0.05, 0) is 32.9 Å². The maximum absolute atomic E-state index is 4.43. The lowest BCUT2D eigenvalue weighted by Crippen LogP contribution is -2.24. The second-order valence-corrected chi connectivity index (χ2v) is 4.39. The molecule has 0 aliphatic carbocycles. The predicted molar refractivity (Wildman–Crippen MR) is 61.6 cm³/mol. The molecule has 2 heterocycles. The van der Waals surface area contributed by atoms with E-state index < -0.39 is 0 Å². The zero-order chi connectivity index (χ0) is 10.5. The number of rotatable bonds is 3. The van der Waals surface area contributed by atoms with Crippen molar-refractivity contribution >= 4 is 0 Å². The van der Waals surface area contributed by atoms with Gasteiger partial charge in [-0.15, -0.1) is 0 Å². The summed E-state index contributed by atoms with van der Waals surface area (Å²) in [5.74, 6) is 0. The highest BCUT2D eigenvalue weighted by Gasteiger charge is 2.10. The van der Waals surface area contributed by atoms with Crippen molar-refractivity contribution in [3.63, 3.8) is 0 Å². The van der Waals surface area contributed by atoms with Gasteiger partial charge in [-0.25, -0.2) is 4.98 Å². The number of aryl methyl sites for hydroxylation is 1. The summed E-state index contributed by atoms with van der Waals surface area (Å²) >= 11 is 0. The molecule has 1 fully saturated rings. The van der Waals surface area contributed by atoms with Gasteiger partial charge in [0.2, 0.25) is 0 Å². The number of aromatic nitrogens is 2. The van der Waals surface area contributed by atoms with Gasteiger partial charge in [0.15, 0.2) is 0 Å². The van der Waals surface area contributed by atoms with E-state index in [1.54, 1.807) is 0 Å². The fourth-order valence-corrected chi connectivity index (χ4v) is 2.18. The van der Waals surface area contributed by atoms with Gasteiger partial charge in [0.25, 0.3) is 0 Å². The molecule has 2 rings (SSSR count). The molecule has 0 atom stereocenters. The topological polar surface area (TPSA) is 21.1 Å². The minimum absolute atomic E-state index is 1.02. The van der Waals surface area contributed by atoms with Crippen molar-refractivity contribution in [1.29, 1.82) is 0 Å². The third kappa shape index (κ3) is 3.06. The molecule has 1 saturated heterocycles. The van der Waals surface area contributed by atoms with Crippen molar-refractivity contribution in [2.45, 2.75) is 45.7 Å². The summed E-state index contributed by atoms with van der Waals surface area (Å²) in [7, 11) is 0. The molecule has 0 bridgehead atoms. The van der Waals surface area contributed by atoms with Crippen LogP contribution >= 0.6 is 0 Å². The zero-order valence-corrected chi connectivity index (χ0v) is 9.65. The predicted octanol–water partition coefficient (Wildman–Crippen LogP) is 2.28. The number of likely N-dealkylation sites (tertiary alicyclic amines) is 1. The molecule has 0 N–H and O–H groups in total. The fraction of sp³-hybridized carbons (Fsp3) is 0.750. The van der Waals surface area contributed by atoms with E-state index in [1.165, 1.54) is 44.5 Å². The van der Waals surface area contributed by atoms with Crippen LogP contribution in [0.25, 0.3) is 0 Å². The minimum atomic E-state index is 1.02. The highest BCUT2D eigenvalue weighted by molar-refractivity contribution is 4.96. The second-order valence-electron chi connectivity index (χ2n) is 4.39. The molecular formula is C12H21N3. The van der Waals surface area contributed by atoms with Gasteiger partial charge >= 0.3 is 0 Å². The normalized spacial score (nSPS) is 19.0. The van der Waals surface area contributed by atoms with Crippen molar-refractivity contribution < 1.29 is 0 Å². The van der Waals surface area contributed by atoms with E-state index in [2.05, 4.69) is 27.6 Å². The number of hydrogen-bond acceptors (Lipinski definition) is 2. The average Bonchev–Trinajstić information content (AvgIpc) is 2.54. The van der Waals surface area contributed by atoms with Gasteiger partial charge in [0, 0.05) is 19.3 Å². The van der Waals surface area contributed by atoms with E-state index in [0.717, 1.165) is 13.1 Å². The molecule has 1 aromatic heterocycles. The Hall–Kier alpha value is -0.830. The first-order chi connectivity index (χ1) is 7.38. The SMILES string of the molecule is CCn1cnc(CN2CCCCCC2)c1. The molecule has 0 amide bonds. The van der Waals surface area contributed by atoms with Crippen molar-refractivity contribution in [1.82, 2.24) is 14.5 Å². The van der Waals surface area contributed by atoms with Crippen LogP contribution in [0.3, 0.4) is 0 Å². The largest absolute Gasteiger partial charge is 0.337 e. The fourth-order valence-electron chi connectivity index (χ4n) is 2.18. The Balaban J connectivity index is 1.89. The van der Waals surface area contributed by atoms with E-state index in [9.17, 15) is 0 Å². The van der Waals surface area contributed by atoms with Gasteiger partial charge in [0.05, 0.1) is 12.0 Å². The standard InChI is InChI=1S/C12H21N3/c1-2-14-9-12(13-11-14)10-15-7-5-3-4-6-8-15/h9,11H,2-8,10H2,1H3. The Morgan fingerprint density at radius 1 is 1.20 bits per heavy atom. The van der Waals surface area contributed by atoms with Crippen molar-refractivity contribution in [3.8, 4) is 0 Å². The van der Waals surface area contributed by atoms with Crippen LogP contribution in [0.2, 0.25) is 0 Å². The maximum atomic E-state index is 4.43. The molecule has 3 nitrogen and oxygen atoms in total. The Morgan fingerprint density at radius 3 is 2.53 bits per heavy atom. The molecule has 0 unspecified atom stereocenters. The van der Waals surface area contributed by atoms with Crippen LogP contribution in [0.5, 0.6) is 0 Å². The monoisotopic (exact) mass is 207 g/mol. The molecule has 0 aromatic carbocycles. The average molecular weight is 207 g/mol. The third-order valence-corrected chi connectivity index (χ3v) is 3.14.